The molecule has 0 aliphatic rings. The molecule has 0 aliphatic carbocycles. The molecule has 1 aromatic heterocycles. The van der Waals surface area contributed by atoms with Crippen LogP contribution in [0, 0.1) is 5.82 Å². The molecule has 0 fully saturated rings. The highest BCUT2D eigenvalue weighted by atomic mass is 19.1. The molecular weight excluding hydrogens is 291 g/mol. The van der Waals surface area contributed by atoms with Gasteiger partial charge >= 0.3 is 0 Å². The zero-order chi connectivity index (χ0) is 16.1. The fraction of sp³-hybridized carbons (Fsp3) is 0.200. The van der Waals surface area contributed by atoms with Crippen molar-refractivity contribution >= 4 is 5.91 Å². The summed E-state index contributed by atoms with van der Waals surface area (Å²) < 4.78 is 22.7. The summed E-state index contributed by atoms with van der Waals surface area (Å²) >= 11 is 0. The van der Waals surface area contributed by atoms with E-state index in [0.29, 0.717) is 5.56 Å². The molecule has 0 saturated heterocycles. The minimum Gasteiger partial charge on any atom is -0.503 e. The van der Waals surface area contributed by atoms with E-state index in [4.69, 9.17) is 9.47 Å². The van der Waals surface area contributed by atoms with E-state index in [1.165, 1.54) is 32.4 Å². The molecule has 0 bridgehead atoms. The summed E-state index contributed by atoms with van der Waals surface area (Å²) in [5.41, 5.74) is 0.502. The number of hydrogen-bond donors (Lipinski definition) is 2. The number of pyridine rings is 1. The Hall–Kier alpha value is -2.83. The molecule has 7 heteroatoms. The molecule has 2 rings (SSSR count). The van der Waals surface area contributed by atoms with Crippen LogP contribution in [0.3, 0.4) is 0 Å². The fourth-order valence-electron chi connectivity index (χ4n) is 1.78. The second-order valence-electron chi connectivity index (χ2n) is 4.37. The molecule has 1 amide bonds. The van der Waals surface area contributed by atoms with Crippen molar-refractivity contribution in [2.75, 3.05) is 14.2 Å². The quantitative estimate of drug-likeness (QED) is 0.881. The molecule has 0 aliphatic heterocycles. The van der Waals surface area contributed by atoms with Crippen LogP contribution in [0.25, 0.3) is 0 Å². The summed E-state index contributed by atoms with van der Waals surface area (Å²) in [4.78, 5) is 16.0. The number of aromatic hydroxyl groups is 1. The van der Waals surface area contributed by atoms with Crippen LogP contribution in [0.2, 0.25) is 0 Å². The Labute approximate surface area is 126 Å². The van der Waals surface area contributed by atoms with Crippen LogP contribution in [0.4, 0.5) is 4.39 Å². The van der Waals surface area contributed by atoms with Crippen molar-refractivity contribution in [3.05, 3.63) is 47.4 Å². The number of rotatable bonds is 5. The molecule has 6 nitrogen and oxygen atoms in total. The third kappa shape index (κ3) is 3.43. The zero-order valence-corrected chi connectivity index (χ0v) is 12.1. The lowest BCUT2D eigenvalue weighted by molar-refractivity contribution is 0.0941. The van der Waals surface area contributed by atoms with E-state index in [1.807, 2.05) is 0 Å². The highest BCUT2D eigenvalue weighted by Crippen LogP contribution is 2.31. The molecular formula is C15H15FN2O4. The van der Waals surface area contributed by atoms with Gasteiger partial charge in [-0.1, -0.05) is 12.1 Å². The number of ether oxygens (including phenoxy) is 2. The average Bonchev–Trinajstić information content (AvgIpc) is 2.54. The Morgan fingerprint density at radius 1 is 1.27 bits per heavy atom. The van der Waals surface area contributed by atoms with E-state index >= 15 is 0 Å². The van der Waals surface area contributed by atoms with Gasteiger partial charge in [-0.05, 0) is 17.7 Å². The van der Waals surface area contributed by atoms with Gasteiger partial charge < -0.3 is 19.9 Å². The smallest absolute Gasteiger partial charge is 0.274 e. The number of carbonyl (C=O) groups excluding carboxylic acids is 1. The summed E-state index contributed by atoms with van der Waals surface area (Å²) in [6.07, 6.45) is 0. The van der Waals surface area contributed by atoms with Gasteiger partial charge in [-0.15, -0.1) is 0 Å². The molecule has 22 heavy (non-hydrogen) atoms. The molecule has 0 unspecified atom stereocenters. The predicted molar refractivity (Wildman–Crippen MR) is 76.6 cm³/mol. The van der Waals surface area contributed by atoms with Gasteiger partial charge in [-0.3, -0.25) is 4.79 Å². The third-order valence-corrected chi connectivity index (χ3v) is 2.94. The molecule has 1 heterocycles. The van der Waals surface area contributed by atoms with Gasteiger partial charge in [0, 0.05) is 12.6 Å². The number of benzene rings is 1. The van der Waals surface area contributed by atoms with Gasteiger partial charge in [-0.2, -0.15) is 0 Å². The van der Waals surface area contributed by atoms with Crippen molar-refractivity contribution in [2.24, 2.45) is 0 Å². The molecule has 0 spiro atoms. The van der Waals surface area contributed by atoms with Gasteiger partial charge in [0.15, 0.2) is 17.2 Å². The number of amides is 1. The van der Waals surface area contributed by atoms with Crippen molar-refractivity contribution in [1.29, 1.82) is 0 Å². The number of carbonyl (C=O) groups is 1. The SMILES string of the molecule is COc1cc(OC)c(O)c(C(=O)NCc2ccc(F)cc2)n1. The second kappa shape index (κ2) is 6.75. The predicted octanol–water partition coefficient (Wildman–Crippen LogP) is 1.87. The lowest BCUT2D eigenvalue weighted by atomic mass is 10.2. The highest BCUT2D eigenvalue weighted by molar-refractivity contribution is 5.95. The zero-order valence-electron chi connectivity index (χ0n) is 12.1. The Bertz CT molecular complexity index is 674. The molecule has 2 N–H and O–H groups in total. The minimum absolute atomic E-state index is 0.0822. The number of nitrogens with one attached hydrogen (secondary N) is 1. The number of hydrogen-bond acceptors (Lipinski definition) is 5. The molecule has 0 radical (unpaired) electrons. The first-order valence-electron chi connectivity index (χ1n) is 6.39. The minimum atomic E-state index is -0.598. The van der Waals surface area contributed by atoms with Gasteiger partial charge in [0.25, 0.3) is 5.91 Å². The maximum Gasteiger partial charge on any atom is 0.274 e. The van der Waals surface area contributed by atoms with E-state index < -0.39 is 5.91 Å². The van der Waals surface area contributed by atoms with Crippen molar-refractivity contribution in [3.8, 4) is 17.4 Å². The van der Waals surface area contributed by atoms with E-state index in [-0.39, 0.29) is 35.4 Å². The number of methoxy groups -OCH3 is 2. The topological polar surface area (TPSA) is 80.7 Å². The van der Waals surface area contributed by atoms with Crippen LogP contribution in [0.1, 0.15) is 16.1 Å². The number of halogens is 1. The van der Waals surface area contributed by atoms with Crippen molar-refractivity contribution in [2.45, 2.75) is 6.54 Å². The normalized spacial score (nSPS) is 10.1. The Balaban J connectivity index is 2.16. The summed E-state index contributed by atoms with van der Waals surface area (Å²) in [5.74, 6) is -1.11. The van der Waals surface area contributed by atoms with E-state index in [0.717, 1.165) is 0 Å². The maximum absolute atomic E-state index is 12.8. The Kier molecular flexibility index (Phi) is 4.77. The second-order valence-corrected chi connectivity index (χ2v) is 4.37. The van der Waals surface area contributed by atoms with Crippen LogP contribution in [-0.4, -0.2) is 30.2 Å². The lowest BCUT2D eigenvalue weighted by Crippen LogP contribution is -2.24. The summed E-state index contributed by atoms with van der Waals surface area (Å²) in [7, 11) is 2.74. The fourth-order valence-corrected chi connectivity index (χ4v) is 1.78. The monoisotopic (exact) mass is 306 g/mol. The summed E-state index contributed by atoms with van der Waals surface area (Å²) in [6, 6.07) is 7.06. The molecule has 1 aromatic carbocycles. The van der Waals surface area contributed by atoms with Crippen LogP contribution < -0.4 is 14.8 Å². The first-order valence-corrected chi connectivity index (χ1v) is 6.39. The van der Waals surface area contributed by atoms with Crippen molar-refractivity contribution in [1.82, 2.24) is 10.3 Å². The molecule has 116 valence electrons. The first-order chi connectivity index (χ1) is 10.5. The Morgan fingerprint density at radius 2 is 1.95 bits per heavy atom. The van der Waals surface area contributed by atoms with Crippen LogP contribution in [0.5, 0.6) is 17.4 Å². The first kappa shape index (κ1) is 15.6. The van der Waals surface area contributed by atoms with Crippen LogP contribution in [0.15, 0.2) is 30.3 Å². The van der Waals surface area contributed by atoms with Gasteiger partial charge in [0.05, 0.1) is 14.2 Å². The van der Waals surface area contributed by atoms with E-state index in [1.54, 1.807) is 12.1 Å². The van der Waals surface area contributed by atoms with Gasteiger partial charge in [0.1, 0.15) is 5.82 Å². The average molecular weight is 306 g/mol. The lowest BCUT2D eigenvalue weighted by Gasteiger charge is -2.11. The standard InChI is InChI=1S/C15H15FN2O4/c1-21-11-7-12(22-2)18-13(14(11)19)15(20)17-8-9-3-5-10(16)6-4-9/h3-7,19H,8H2,1-2H3,(H,17,20). The van der Waals surface area contributed by atoms with E-state index in [9.17, 15) is 14.3 Å². The molecule has 2 aromatic rings. The Morgan fingerprint density at radius 3 is 2.55 bits per heavy atom. The van der Waals surface area contributed by atoms with Crippen molar-refractivity contribution < 1.29 is 23.8 Å². The summed E-state index contributed by atoms with van der Waals surface area (Å²) in [6.45, 7) is 0.166. The highest BCUT2D eigenvalue weighted by Gasteiger charge is 2.19. The third-order valence-electron chi connectivity index (χ3n) is 2.94. The maximum atomic E-state index is 12.8. The van der Waals surface area contributed by atoms with Crippen LogP contribution in [-0.2, 0) is 6.54 Å². The van der Waals surface area contributed by atoms with Gasteiger partial charge in [-0.25, -0.2) is 9.37 Å². The van der Waals surface area contributed by atoms with Crippen molar-refractivity contribution in [3.63, 3.8) is 0 Å². The molecule has 0 atom stereocenters. The number of aromatic nitrogens is 1. The van der Waals surface area contributed by atoms with E-state index in [2.05, 4.69) is 10.3 Å². The largest absolute Gasteiger partial charge is 0.503 e. The molecule has 0 saturated carbocycles. The van der Waals surface area contributed by atoms with Gasteiger partial charge in [0.2, 0.25) is 5.88 Å². The number of nitrogens with zero attached hydrogens (tertiary/aromatic N) is 1. The summed E-state index contributed by atoms with van der Waals surface area (Å²) in [5, 5.41) is 12.5. The van der Waals surface area contributed by atoms with Crippen LogP contribution >= 0.6 is 0 Å².